The minimum Gasteiger partial charge on any atom is -0.478 e. The molecule has 0 radical (unpaired) electrons. The number of hydrogen-bond donors (Lipinski definition) is 3. The molecule has 6 heteroatoms. The van der Waals surface area contributed by atoms with E-state index in [4.69, 9.17) is 10.2 Å². The summed E-state index contributed by atoms with van der Waals surface area (Å²) in [6, 6.07) is 1.08. The first-order valence-corrected chi connectivity index (χ1v) is 4.64. The summed E-state index contributed by atoms with van der Waals surface area (Å²) in [5.41, 5.74) is -1.23. The molecular weight excluding hydrogens is 215 g/mol. The van der Waals surface area contributed by atoms with Crippen LogP contribution in [-0.2, 0) is 0 Å². The summed E-state index contributed by atoms with van der Waals surface area (Å²) in [5.74, 6) is -2.47. The second-order valence-corrected chi connectivity index (χ2v) is 3.99. The fourth-order valence-electron chi connectivity index (χ4n) is 1.06. The third-order valence-corrected chi connectivity index (χ3v) is 1.97. The van der Waals surface area contributed by atoms with Gasteiger partial charge < -0.3 is 15.5 Å². The standard InChI is InChI=1S/C10H13FN2O3/c1-10(2,5-14)13-8-7(11)6(9(15)16)3-4-12-8/h3-4,14H,5H2,1-2H3,(H,12,13)(H,15,16). The Hall–Kier alpha value is -1.69. The molecule has 1 heterocycles. The molecule has 1 aromatic heterocycles. The molecule has 5 nitrogen and oxygen atoms in total. The fourth-order valence-corrected chi connectivity index (χ4v) is 1.06. The second kappa shape index (κ2) is 4.44. The van der Waals surface area contributed by atoms with E-state index >= 15 is 0 Å². The van der Waals surface area contributed by atoms with Crippen molar-refractivity contribution in [2.75, 3.05) is 11.9 Å². The summed E-state index contributed by atoms with van der Waals surface area (Å²) >= 11 is 0. The van der Waals surface area contributed by atoms with Gasteiger partial charge in [-0.05, 0) is 19.9 Å². The maximum absolute atomic E-state index is 13.6. The van der Waals surface area contributed by atoms with Crippen LogP contribution in [0.1, 0.15) is 24.2 Å². The lowest BCUT2D eigenvalue weighted by Crippen LogP contribution is -2.35. The Kier molecular flexibility index (Phi) is 3.44. The molecule has 0 atom stereocenters. The Morgan fingerprint density at radius 1 is 1.62 bits per heavy atom. The van der Waals surface area contributed by atoms with Gasteiger partial charge in [-0.3, -0.25) is 0 Å². The largest absolute Gasteiger partial charge is 0.478 e. The maximum atomic E-state index is 13.6. The molecule has 0 aliphatic rings. The molecule has 1 aromatic rings. The van der Waals surface area contributed by atoms with Gasteiger partial charge in [-0.25, -0.2) is 14.2 Å². The second-order valence-electron chi connectivity index (χ2n) is 3.99. The van der Waals surface area contributed by atoms with Crippen LogP contribution in [0, 0.1) is 5.82 Å². The maximum Gasteiger partial charge on any atom is 0.338 e. The van der Waals surface area contributed by atoms with Gasteiger partial charge in [0.25, 0.3) is 0 Å². The Labute approximate surface area is 91.9 Å². The first-order chi connectivity index (χ1) is 7.37. The van der Waals surface area contributed by atoms with Gasteiger partial charge in [0.2, 0.25) is 0 Å². The minimum absolute atomic E-state index is 0.182. The van der Waals surface area contributed by atoms with Gasteiger partial charge >= 0.3 is 5.97 Å². The molecule has 0 spiro atoms. The molecule has 0 aliphatic carbocycles. The molecule has 3 N–H and O–H groups in total. The highest BCUT2D eigenvalue weighted by atomic mass is 19.1. The molecule has 0 aromatic carbocycles. The van der Waals surface area contributed by atoms with Crippen LogP contribution in [0.4, 0.5) is 10.2 Å². The number of pyridine rings is 1. The molecule has 16 heavy (non-hydrogen) atoms. The van der Waals surface area contributed by atoms with E-state index in [0.717, 1.165) is 6.07 Å². The number of aliphatic hydroxyl groups excluding tert-OH is 1. The van der Waals surface area contributed by atoms with Crippen molar-refractivity contribution in [3.8, 4) is 0 Å². The predicted octanol–water partition coefficient (Wildman–Crippen LogP) is 1.10. The summed E-state index contributed by atoms with van der Waals surface area (Å²) in [7, 11) is 0. The Morgan fingerprint density at radius 2 is 2.25 bits per heavy atom. The van der Waals surface area contributed by atoms with Gasteiger partial charge in [-0.1, -0.05) is 0 Å². The molecule has 0 fully saturated rings. The van der Waals surface area contributed by atoms with E-state index in [1.807, 2.05) is 0 Å². The van der Waals surface area contributed by atoms with Crippen molar-refractivity contribution < 1.29 is 19.4 Å². The summed E-state index contributed by atoms with van der Waals surface area (Å²) in [4.78, 5) is 14.4. The number of anilines is 1. The highest BCUT2D eigenvalue weighted by molar-refractivity contribution is 5.88. The van der Waals surface area contributed by atoms with E-state index < -0.39 is 22.9 Å². The molecule has 0 aliphatic heterocycles. The number of carboxylic acid groups (broad SMARTS) is 1. The van der Waals surface area contributed by atoms with Crippen molar-refractivity contribution in [3.05, 3.63) is 23.6 Å². The van der Waals surface area contributed by atoms with Crippen LogP contribution in [-0.4, -0.2) is 33.3 Å². The van der Waals surface area contributed by atoms with Gasteiger partial charge in [0, 0.05) is 6.20 Å². The van der Waals surface area contributed by atoms with Crippen LogP contribution in [0.3, 0.4) is 0 Å². The smallest absolute Gasteiger partial charge is 0.338 e. The lowest BCUT2D eigenvalue weighted by Gasteiger charge is -2.24. The van der Waals surface area contributed by atoms with Crippen LogP contribution in [0.5, 0.6) is 0 Å². The normalized spacial score (nSPS) is 11.2. The molecule has 1 rings (SSSR count). The van der Waals surface area contributed by atoms with E-state index in [-0.39, 0.29) is 12.4 Å². The monoisotopic (exact) mass is 228 g/mol. The molecular formula is C10H13FN2O3. The number of carbonyl (C=O) groups is 1. The lowest BCUT2D eigenvalue weighted by atomic mass is 10.1. The average molecular weight is 228 g/mol. The van der Waals surface area contributed by atoms with E-state index in [9.17, 15) is 9.18 Å². The number of aliphatic hydroxyl groups is 1. The van der Waals surface area contributed by atoms with E-state index in [2.05, 4.69) is 10.3 Å². The number of nitrogens with one attached hydrogen (secondary N) is 1. The van der Waals surface area contributed by atoms with E-state index in [1.54, 1.807) is 13.8 Å². The van der Waals surface area contributed by atoms with Crippen molar-refractivity contribution in [1.82, 2.24) is 4.98 Å². The summed E-state index contributed by atoms with van der Waals surface area (Å²) in [6.45, 7) is 3.05. The number of halogens is 1. The zero-order valence-electron chi connectivity index (χ0n) is 8.99. The number of hydrogen-bond acceptors (Lipinski definition) is 4. The van der Waals surface area contributed by atoms with E-state index in [1.165, 1.54) is 6.20 Å². The van der Waals surface area contributed by atoms with Crippen molar-refractivity contribution in [2.45, 2.75) is 19.4 Å². The van der Waals surface area contributed by atoms with Crippen molar-refractivity contribution >= 4 is 11.8 Å². The molecule has 0 saturated carbocycles. The average Bonchev–Trinajstić information content (AvgIpc) is 2.20. The summed E-state index contributed by atoms with van der Waals surface area (Å²) < 4.78 is 13.6. The Bertz CT molecular complexity index is 407. The van der Waals surface area contributed by atoms with Crippen molar-refractivity contribution in [1.29, 1.82) is 0 Å². The van der Waals surface area contributed by atoms with Crippen LogP contribution >= 0.6 is 0 Å². The van der Waals surface area contributed by atoms with Crippen LogP contribution in [0.25, 0.3) is 0 Å². The first kappa shape index (κ1) is 12.4. The number of aromatic nitrogens is 1. The van der Waals surface area contributed by atoms with Crippen LogP contribution < -0.4 is 5.32 Å². The number of carboxylic acids is 1. The Morgan fingerprint density at radius 3 is 2.75 bits per heavy atom. The third-order valence-electron chi connectivity index (χ3n) is 1.97. The SMILES string of the molecule is CC(C)(CO)Nc1nccc(C(=O)O)c1F. The molecule has 0 unspecified atom stereocenters. The topological polar surface area (TPSA) is 82.5 Å². The quantitative estimate of drug-likeness (QED) is 0.718. The first-order valence-electron chi connectivity index (χ1n) is 4.64. The lowest BCUT2D eigenvalue weighted by molar-refractivity contribution is 0.0691. The summed E-state index contributed by atoms with van der Waals surface area (Å²) in [6.07, 6.45) is 1.20. The van der Waals surface area contributed by atoms with Gasteiger partial charge in [0.05, 0.1) is 12.1 Å². The van der Waals surface area contributed by atoms with Gasteiger partial charge in [0.15, 0.2) is 11.6 Å². The highest BCUT2D eigenvalue weighted by Gasteiger charge is 2.21. The minimum atomic E-state index is -1.36. The molecule has 0 amide bonds. The van der Waals surface area contributed by atoms with Crippen molar-refractivity contribution in [3.63, 3.8) is 0 Å². The third kappa shape index (κ3) is 2.66. The van der Waals surface area contributed by atoms with Crippen LogP contribution in [0.2, 0.25) is 0 Å². The van der Waals surface area contributed by atoms with Crippen LogP contribution in [0.15, 0.2) is 12.3 Å². The van der Waals surface area contributed by atoms with Gasteiger partial charge in [-0.15, -0.1) is 0 Å². The van der Waals surface area contributed by atoms with E-state index in [0.29, 0.717) is 0 Å². The Balaban J connectivity index is 3.07. The number of rotatable bonds is 4. The fraction of sp³-hybridized carbons (Fsp3) is 0.400. The molecule has 0 saturated heterocycles. The zero-order chi connectivity index (χ0) is 12.3. The van der Waals surface area contributed by atoms with Gasteiger partial charge in [0.1, 0.15) is 5.56 Å². The number of nitrogens with zero attached hydrogens (tertiary/aromatic N) is 1. The summed E-state index contributed by atoms with van der Waals surface area (Å²) in [5, 5.41) is 20.3. The van der Waals surface area contributed by atoms with Gasteiger partial charge in [-0.2, -0.15) is 0 Å². The molecule has 88 valence electrons. The predicted molar refractivity (Wildman–Crippen MR) is 55.9 cm³/mol. The van der Waals surface area contributed by atoms with Crippen molar-refractivity contribution in [2.24, 2.45) is 0 Å². The number of aromatic carboxylic acids is 1. The molecule has 0 bridgehead atoms. The highest BCUT2D eigenvalue weighted by Crippen LogP contribution is 2.18. The zero-order valence-corrected chi connectivity index (χ0v) is 8.99.